The van der Waals surface area contributed by atoms with E-state index in [1.165, 1.54) is 12.3 Å². The molecule has 0 aliphatic carbocycles. The largest absolute Gasteiger partial charge is 0.389 e. The minimum Gasteiger partial charge on any atom is -0.345 e. The summed E-state index contributed by atoms with van der Waals surface area (Å²) in [6.07, 6.45) is -4.15. The highest BCUT2D eigenvalue weighted by atomic mass is 19.4. The molecule has 9 heteroatoms. The summed E-state index contributed by atoms with van der Waals surface area (Å²) in [6, 6.07) is 4.64. The number of halogens is 3. The van der Waals surface area contributed by atoms with Crippen LogP contribution in [0.3, 0.4) is 0 Å². The highest BCUT2D eigenvalue weighted by molar-refractivity contribution is 5.94. The van der Waals surface area contributed by atoms with Gasteiger partial charge in [0.05, 0.1) is 11.6 Å². The molecule has 0 bridgehead atoms. The molecule has 31 heavy (non-hydrogen) atoms. The molecule has 2 aromatic rings. The molecule has 0 fully saturated rings. The molecule has 168 valence electrons. The van der Waals surface area contributed by atoms with Crippen molar-refractivity contribution in [2.45, 2.75) is 59.7 Å². The number of aryl methyl sites for hydroxylation is 3. The highest BCUT2D eigenvalue weighted by Crippen LogP contribution is 2.23. The van der Waals surface area contributed by atoms with Crippen LogP contribution in [0.15, 0.2) is 24.4 Å². The number of hydrogen-bond acceptors (Lipinski definition) is 4. The van der Waals surface area contributed by atoms with Crippen molar-refractivity contribution in [2.75, 3.05) is 5.32 Å². The smallest absolute Gasteiger partial charge is 0.345 e. The Hall–Kier alpha value is -2.97. The lowest BCUT2D eigenvalue weighted by atomic mass is 10.1. The van der Waals surface area contributed by atoms with Crippen LogP contribution < -0.4 is 10.6 Å². The molecule has 0 aliphatic rings. The third-order valence-electron chi connectivity index (χ3n) is 4.69. The van der Waals surface area contributed by atoms with Crippen LogP contribution in [0.5, 0.6) is 0 Å². The molecule has 2 N–H and O–H groups in total. The van der Waals surface area contributed by atoms with Crippen LogP contribution in [0.25, 0.3) is 0 Å². The first-order chi connectivity index (χ1) is 14.4. The summed E-state index contributed by atoms with van der Waals surface area (Å²) in [4.78, 5) is 32.9. The van der Waals surface area contributed by atoms with Crippen molar-refractivity contribution in [1.82, 2.24) is 15.3 Å². The number of rotatable bonds is 7. The quantitative estimate of drug-likeness (QED) is 0.661. The van der Waals surface area contributed by atoms with Crippen LogP contribution in [-0.2, 0) is 11.2 Å². The summed E-state index contributed by atoms with van der Waals surface area (Å²) in [5, 5.41) is 5.59. The summed E-state index contributed by atoms with van der Waals surface area (Å²) in [7, 11) is 0. The number of alkyl halides is 3. The molecular weight excluding hydrogens is 409 g/mol. The molecular formula is C22H27F3N4O2. The van der Waals surface area contributed by atoms with E-state index in [4.69, 9.17) is 0 Å². The van der Waals surface area contributed by atoms with Gasteiger partial charge in [0, 0.05) is 29.9 Å². The molecule has 0 aromatic carbocycles. The fraction of sp³-hybridized carbons (Fsp3) is 0.455. The van der Waals surface area contributed by atoms with E-state index in [2.05, 4.69) is 20.6 Å². The molecule has 2 amide bonds. The minimum atomic E-state index is -4.25. The Bertz CT molecular complexity index is 958. The van der Waals surface area contributed by atoms with Crippen LogP contribution in [-0.4, -0.2) is 28.0 Å². The average Bonchev–Trinajstić information content (AvgIpc) is 2.65. The van der Waals surface area contributed by atoms with Gasteiger partial charge in [-0.25, -0.2) is 4.98 Å². The zero-order chi connectivity index (χ0) is 23.3. The predicted molar refractivity (Wildman–Crippen MR) is 112 cm³/mol. The Morgan fingerprint density at radius 2 is 1.77 bits per heavy atom. The summed E-state index contributed by atoms with van der Waals surface area (Å²) >= 11 is 0. The van der Waals surface area contributed by atoms with Crippen LogP contribution in [0, 0.1) is 19.8 Å². The number of amides is 2. The van der Waals surface area contributed by atoms with Gasteiger partial charge in [-0.3, -0.25) is 14.6 Å². The Labute approximate surface area is 179 Å². The zero-order valence-corrected chi connectivity index (χ0v) is 18.2. The number of carbonyl (C=O) groups is 2. The molecule has 0 aliphatic heterocycles. The lowest BCUT2D eigenvalue weighted by Gasteiger charge is -2.17. The van der Waals surface area contributed by atoms with Crippen LogP contribution in [0.4, 0.5) is 19.0 Å². The van der Waals surface area contributed by atoms with Crippen molar-refractivity contribution >= 4 is 17.6 Å². The van der Waals surface area contributed by atoms with E-state index in [1.807, 2.05) is 0 Å². The molecule has 2 rings (SSSR count). The van der Waals surface area contributed by atoms with Gasteiger partial charge in [0.25, 0.3) is 5.91 Å². The molecule has 0 saturated carbocycles. The van der Waals surface area contributed by atoms with Gasteiger partial charge >= 0.3 is 6.18 Å². The Kier molecular flexibility index (Phi) is 7.75. The number of carbonyl (C=O) groups excluding carboxylic acids is 2. The SMILES string of the molecule is Cc1cc(C(C)NC(=O)c2cnc(CCC(F)(F)F)c(C)c2)cc(NC(=O)C(C)C)n1. The maximum atomic E-state index is 12.6. The van der Waals surface area contributed by atoms with Gasteiger partial charge in [-0.2, -0.15) is 13.2 Å². The standard InChI is InChI=1S/C22H27F3N4O2/c1-12(2)20(30)29-19-10-16(9-14(4)27-19)15(5)28-21(31)17-8-13(3)18(26-11-17)6-7-22(23,24)25/h8-12,15H,6-7H2,1-5H3,(H,28,31)(H,27,29,30). The topological polar surface area (TPSA) is 84.0 Å². The highest BCUT2D eigenvalue weighted by Gasteiger charge is 2.27. The zero-order valence-electron chi connectivity index (χ0n) is 18.2. The minimum absolute atomic E-state index is 0.159. The van der Waals surface area contributed by atoms with Crippen molar-refractivity contribution in [2.24, 2.45) is 5.92 Å². The summed E-state index contributed by atoms with van der Waals surface area (Å²) in [6.45, 7) is 8.77. The molecule has 0 spiro atoms. The number of hydrogen-bond donors (Lipinski definition) is 2. The lowest BCUT2D eigenvalue weighted by Crippen LogP contribution is -2.27. The Balaban J connectivity index is 2.11. The molecule has 1 unspecified atom stereocenters. The van der Waals surface area contributed by atoms with Gasteiger partial charge in [-0.1, -0.05) is 13.8 Å². The fourth-order valence-electron chi connectivity index (χ4n) is 2.89. The van der Waals surface area contributed by atoms with Crippen molar-refractivity contribution in [3.05, 3.63) is 52.5 Å². The Morgan fingerprint density at radius 1 is 1.10 bits per heavy atom. The van der Waals surface area contributed by atoms with Crippen LogP contribution in [0.1, 0.15) is 66.1 Å². The van der Waals surface area contributed by atoms with Crippen LogP contribution >= 0.6 is 0 Å². The van der Waals surface area contributed by atoms with Gasteiger partial charge in [0.15, 0.2) is 0 Å². The van der Waals surface area contributed by atoms with Gasteiger partial charge < -0.3 is 10.6 Å². The van der Waals surface area contributed by atoms with Crippen molar-refractivity contribution in [3.8, 4) is 0 Å². The monoisotopic (exact) mass is 436 g/mol. The number of nitrogens with zero attached hydrogens (tertiary/aromatic N) is 2. The molecule has 2 heterocycles. The van der Waals surface area contributed by atoms with E-state index in [-0.39, 0.29) is 23.8 Å². The van der Waals surface area contributed by atoms with Crippen molar-refractivity contribution in [3.63, 3.8) is 0 Å². The lowest BCUT2D eigenvalue weighted by molar-refractivity contribution is -0.134. The number of pyridine rings is 2. The second-order valence-corrected chi connectivity index (χ2v) is 7.87. The maximum absolute atomic E-state index is 12.6. The fourth-order valence-corrected chi connectivity index (χ4v) is 2.89. The summed E-state index contributed by atoms with van der Waals surface area (Å²) in [5.41, 5.74) is 2.55. The van der Waals surface area contributed by atoms with E-state index in [1.54, 1.807) is 46.8 Å². The molecule has 6 nitrogen and oxygen atoms in total. The first-order valence-corrected chi connectivity index (χ1v) is 9.98. The number of anilines is 1. The maximum Gasteiger partial charge on any atom is 0.389 e. The number of aromatic nitrogens is 2. The van der Waals surface area contributed by atoms with Gasteiger partial charge in [0.2, 0.25) is 5.91 Å². The molecule has 1 atom stereocenters. The molecule has 0 radical (unpaired) electrons. The predicted octanol–water partition coefficient (Wildman–Crippen LogP) is 4.67. The molecule has 2 aromatic heterocycles. The van der Waals surface area contributed by atoms with Gasteiger partial charge in [0.1, 0.15) is 5.82 Å². The average molecular weight is 436 g/mol. The van der Waals surface area contributed by atoms with Gasteiger partial charge in [-0.05, 0) is 56.5 Å². The van der Waals surface area contributed by atoms with E-state index in [0.717, 1.165) is 5.56 Å². The Morgan fingerprint density at radius 3 is 2.35 bits per heavy atom. The second kappa shape index (κ2) is 9.89. The summed E-state index contributed by atoms with van der Waals surface area (Å²) < 4.78 is 37.3. The van der Waals surface area contributed by atoms with Gasteiger partial charge in [-0.15, -0.1) is 0 Å². The van der Waals surface area contributed by atoms with E-state index >= 15 is 0 Å². The van der Waals surface area contributed by atoms with Crippen molar-refractivity contribution < 1.29 is 22.8 Å². The third kappa shape index (κ3) is 7.34. The van der Waals surface area contributed by atoms with E-state index in [0.29, 0.717) is 22.8 Å². The first-order valence-electron chi connectivity index (χ1n) is 9.98. The van der Waals surface area contributed by atoms with E-state index < -0.39 is 24.5 Å². The molecule has 0 saturated heterocycles. The third-order valence-corrected chi connectivity index (χ3v) is 4.69. The normalized spacial score (nSPS) is 12.5. The second-order valence-electron chi connectivity index (χ2n) is 7.87. The summed E-state index contributed by atoms with van der Waals surface area (Å²) in [5.74, 6) is -0.348. The van der Waals surface area contributed by atoms with E-state index in [9.17, 15) is 22.8 Å². The van der Waals surface area contributed by atoms with Crippen molar-refractivity contribution in [1.29, 1.82) is 0 Å². The first kappa shape index (κ1) is 24.3. The number of nitrogens with one attached hydrogen (secondary N) is 2. The van der Waals surface area contributed by atoms with Crippen LogP contribution in [0.2, 0.25) is 0 Å².